The highest BCUT2D eigenvalue weighted by molar-refractivity contribution is 9.10. The van der Waals surface area contributed by atoms with E-state index in [0.717, 1.165) is 17.3 Å². The fourth-order valence-electron chi connectivity index (χ4n) is 3.24. The van der Waals surface area contributed by atoms with Crippen molar-refractivity contribution < 1.29 is 9.59 Å². The van der Waals surface area contributed by atoms with Gasteiger partial charge in [-0.2, -0.15) is 0 Å². The summed E-state index contributed by atoms with van der Waals surface area (Å²) >= 11 is 10.5. The first kappa shape index (κ1) is 20.0. The Hall–Kier alpha value is -2.29. The molecule has 3 aromatic rings. The zero-order valence-corrected chi connectivity index (χ0v) is 18.3. The van der Waals surface area contributed by atoms with Gasteiger partial charge in [0, 0.05) is 27.3 Å². The van der Waals surface area contributed by atoms with Crippen LogP contribution < -0.4 is 5.32 Å². The van der Waals surface area contributed by atoms with Gasteiger partial charge < -0.3 is 10.2 Å². The molecule has 1 fully saturated rings. The zero-order valence-electron chi connectivity index (χ0n) is 15.1. The first-order chi connectivity index (χ1) is 14.0. The molecule has 1 saturated heterocycles. The predicted molar refractivity (Wildman–Crippen MR) is 116 cm³/mol. The lowest BCUT2D eigenvalue weighted by molar-refractivity contribution is 0.0735. The first-order valence-electron chi connectivity index (χ1n) is 8.98. The van der Waals surface area contributed by atoms with Crippen molar-refractivity contribution in [3.8, 4) is 0 Å². The minimum absolute atomic E-state index is 0.0415. The molecule has 2 aromatic carbocycles. The van der Waals surface area contributed by atoms with Gasteiger partial charge in [0.2, 0.25) is 5.01 Å². The fourth-order valence-corrected chi connectivity index (χ4v) is 4.58. The lowest BCUT2D eigenvalue weighted by Gasteiger charge is -2.22. The average Bonchev–Trinajstić information content (AvgIpc) is 3.37. The monoisotopic (exact) mass is 490 g/mol. The lowest BCUT2D eigenvalue weighted by atomic mass is 10.2. The second-order valence-corrected chi connectivity index (χ2v) is 8.93. The van der Waals surface area contributed by atoms with Gasteiger partial charge in [0.25, 0.3) is 11.8 Å². The van der Waals surface area contributed by atoms with E-state index in [4.69, 9.17) is 11.6 Å². The molecule has 2 heterocycles. The third kappa shape index (κ3) is 4.49. The van der Waals surface area contributed by atoms with E-state index in [0.29, 0.717) is 27.8 Å². The Kier molecular flexibility index (Phi) is 5.94. The Morgan fingerprint density at radius 1 is 1.17 bits per heavy atom. The molecule has 29 heavy (non-hydrogen) atoms. The van der Waals surface area contributed by atoms with Gasteiger partial charge in [-0.15, -0.1) is 10.2 Å². The number of anilines is 1. The molecule has 0 saturated carbocycles. The molecule has 0 radical (unpaired) electrons. The largest absolute Gasteiger partial charge is 0.329 e. The zero-order chi connectivity index (χ0) is 20.4. The van der Waals surface area contributed by atoms with Gasteiger partial charge in [0.1, 0.15) is 5.01 Å². The summed E-state index contributed by atoms with van der Waals surface area (Å²) in [4.78, 5) is 27.2. The molecule has 2 amide bonds. The summed E-state index contributed by atoms with van der Waals surface area (Å²) in [5, 5.41) is 12.5. The lowest BCUT2D eigenvalue weighted by Crippen LogP contribution is -2.30. The van der Waals surface area contributed by atoms with Crippen LogP contribution >= 0.6 is 38.9 Å². The standard InChI is InChI=1S/C20H16BrClN4O2S/c21-13-8-6-12(7-9-13)20(28)26-10-2-5-16(26)18-24-25-19(29-18)17(27)23-15-4-1-3-14(22)11-15/h1,3-4,6-9,11,16H,2,5,10H2,(H,23,27). The number of rotatable bonds is 4. The average molecular weight is 492 g/mol. The molecule has 6 nitrogen and oxygen atoms in total. The van der Waals surface area contributed by atoms with E-state index in [2.05, 4.69) is 31.4 Å². The molecule has 0 spiro atoms. The van der Waals surface area contributed by atoms with Crippen LogP contribution in [-0.4, -0.2) is 33.5 Å². The van der Waals surface area contributed by atoms with Gasteiger partial charge in [-0.25, -0.2) is 0 Å². The summed E-state index contributed by atoms with van der Waals surface area (Å²) < 4.78 is 0.923. The Bertz CT molecular complexity index is 1060. The van der Waals surface area contributed by atoms with Crippen molar-refractivity contribution in [1.29, 1.82) is 0 Å². The van der Waals surface area contributed by atoms with Gasteiger partial charge in [-0.05, 0) is 55.3 Å². The fraction of sp³-hybridized carbons (Fsp3) is 0.200. The summed E-state index contributed by atoms with van der Waals surface area (Å²) in [7, 11) is 0. The molecule has 0 aliphatic carbocycles. The van der Waals surface area contributed by atoms with E-state index in [1.165, 1.54) is 11.3 Å². The molecule has 1 aliphatic heterocycles. The summed E-state index contributed by atoms with van der Waals surface area (Å²) in [6.07, 6.45) is 1.68. The minimum Gasteiger partial charge on any atom is -0.329 e. The van der Waals surface area contributed by atoms with E-state index in [-0.39, 0.29) is 22.9 Å². The number of amides is 2. The molecule has 148 valence electrons. The van der Waals surface area contributed by atoms with Crippen LogP contribution in [0, 0.1) is 0 Å². The van der Waals surface area contributed by atoms with Crippen molar-refractivity contribution in [1.82, 2.24) is 15.1 Å². The number of benzene rings is 2. The summed E-state index contributed by atoms with van der Waals surface area (Å²) in [6.45, 7) is 0.656. The summed E-state index contributed by atoms with van der Waals surface area (Å²) in [6, 6.07) is 14.0. The molecule has 1 atom stereocenters. The van der Waals surface area contributed by atoms with Crippen LogP contribution in [0.3, 0.4) is 0 Å². The SMILES string of the molecule is O=C(Nc1cccc(Cl)c1)c1nnc(C2CCCN2C(=O)c2ccc(Br)cc2)s1. The van der Waals surface area contributed by atoms with E-state index < -0.39 is 0 Å². The van der Waals surface area contributed by atoms with E-state index in [1.54, 1.807) is 36.4 Å². The van der Waals surface area contributed by atoms with Crippen molar-refractivity contribution in [2.45, 2.75) is 18.9 Å². The number of carbonyl (C=O) groups is 2. The molecule has 1 N–H and O–H groups in total. The van der Waals surface area contributed by atoms with Gasteiger partial charge in [-0.3, -0.25) is 9.59 Å². The Labute approximate surface area is 185 Å². The minimum atomic E-state index is -0.347. The number of hydrogen-bond acceptors (Lipinski definition) is 5. The molecule has 0 bridgehead atoms. The molecule has 1 aliphatic rings. The smallest absolute Gasteiger partial charge is 0.286 e. The van der Waals surface area contributed by atoms with Crippen LogP contribution in [0.5, 0.6) is 0 Å². The van der Waals surface area contributed by atoms with Crippen LogP contribution in [0.15, 0.2) is 53.0 Å². The van der Waals surface area contributed by atoms with Crippen molar-refractivity contribution >= 4 is 56.4 Å². The molecule has 9 heteroatoms. The highest BCUT2D eigenvalue weighted by atomic mass is 79.9. The van der Waals surface area contributed by atoms with Crippen LogP contribution in [-0.2, 0) is 0 Å². The van der Waals surface area contributed by atoms with Crippen LogP contribution in [0.2, 0.25) is 5.02 Å². The predicted octanol–water partition coefficient (Wildman–Crippen LogP) is 5.18. The number of halogens is 2. The normalized spacial score (nSPS) is 16.1. The molecular formula is C20H16BrClN4O2S. The molecular weight excluding hydrogens is 476 g/mol. The Morgan fingerprint density at radius 2 is 1.97 bits per heavy atom. The van der Waals surface area contributed by atoms with E-state index >= 15 is 0 Å². The quantitative estimate of drug-likeness (QED) is 0.545. The summed E-state index contributed by atoms with van der Waals surface area (Å²) in [5.41, 5.74) is 1.22. The number of nitrogens with zero attached hydrogens (tertiary/aromatic N) is 3. The maximum Gasteiger partial charge on any atom is 0.286 e. The number of hydrogen-bond donors (Lipinski definition) is 1. The maximum atomic E-state index is 12.9. The molecule has 1 aromatic heterocycles. The third-order valence-corrected chi connectivity index (χ3v) is 6.39. The van der Waals surface area contributed by atoms with Gasteiger partial charge in [0.05, 0.1) is 6.04 Å². The number of carbonyl (C=O) groups excluding carboxylic acids is 2. The number of aromatic nitrogens is 2. The molecule has 1 unspecified atom stereocenters. The number of nitrogens with one attached hydrogen (secondary N) is 1. The van der Waals surface area contributed by atoms with Gasteiger partial charge in [-0.1, -0.05) is 44.9 Å². The topological polar surface area (TPSA) is 75.2 Å². The molecule has 4 rings (SSSR count). The van der Waals surface area contributed by atoms with Crippen molar-refractivity contribution in [3.05, 3.63) is 73.6 Å². The Balaban J connectivity index is 1.49. The first-order valence-corrected chi connectivity index (χ1v) is 11.0. The highest BCUT2D eigenvalue weighted by Gasteiger charge is 2.33. The highest BCUT2D eigenvalue weighted by Crippen LogP contribution is 2.35. The summed E-state index contributed by atoms with van der Waals surface area (Å²) in [5.74, 6) is -0.389. The van der Waals surface area contributed by atoms with E-state index in [1.807, 2.05) is 17.0 Å². The Morgan fingerprint density at radius 3 is 2.72 bits per heavy atom. The van der Waals surface area contributed by atoms with Crippen LogP contribution in [0.4, 0.5) is 5.69 Å². The van der Waals surface area contributed by atoms with Crippen molar-refractivity contribution in [2.24, 2.45) is 0 Å². The second-order valence-electron chi connectivity index (χ2n) is 6.57. The van der Waals surface area contributed by atoms with Crippen molar-refractivity contribution in [2.75, 3.05) is 11.9 Å². The van der Waals surface area contributed by atoms with Crippen molar-refractivity contribution in [3.63, 3.8) is 0 Å². The van der Waals surface area contributed by atoms with Crippen LogP contribution in [0.1, 0.15) is 44.1 Å². The van der Waals surface area contributed by atoms with E-state index in [9.17, 15) is 9.59 Å². The third-order valence-electron chi connectivity index (χ3n) is 4.61. The number of likely N-dealkylation sites (tertiary alicyclic amines) is 1. The maximum absolute atomic E-state index is 12.9. The second kappa shape index (κ2) is 8.61. The van der Waals surface area contributed by atoms with Crippen LogP contribution in [0.25, 0.3) is 0 Å². The van der Waals surface area contributed by atoms with Gasteiger partial charge >= 0.3 is 0 Å². The van der Waals surface area contributed by atoms with Gasteiger partial charge in [0.15, 0.2) is 0 Å².